The lowest BCUT2D eigenvalue weighted by Crippen LogP contribution is -2.67. The zero-order chi connectivity index (χ0) is 20.6. The molecule has 0 saturated carbocycles. The smallest absolute Gasteiger partial charge is 0.342 e. The van der Waals surface area contributed by atoms with Gasteiger partial charge in [-0.3, -0.25) is 0 Å². The molecule has 2 rings (SSSR count). The van der Waals surface area contributed by atoms with E-state index in [1.165, 1.54) is 0 Å². The number of hydrogen-bond acceptors (Lipinski definition) is 6. The molecule has 0 bridgehead atoms. The van der Waals surface area contributed by atoms with Gasteiger partial charge in [0, 0.05) is 12.8 Å². The average molecular weight is 386 g/mol. The van der Waals surface area contributed by atoms with Crippen LogP contribution in [-0.4, -0.2) is 46.6 Å². The van der Waals surface area contributed by atoms with Crippen molar-refractivity contribution in [3.8, 4) is 0 Å². The minimum Gasteiger partial charge on any atom is -0.464 e. The Morgan fingerprint density at radius 1 is 0.714 bits per heavy atom. The van der Waals surface area contributed by atoms with E-state index < -0.39 is 23.1 Å². The van der Waals surface area contributed by atoms with Crippen LogP contribution in [0.5, 0.6) is 0 Å². The molecule has 2 atom stereocenters. The summed E-state index contributed by atoms with van der Waals surface area (Å²) in [4.78, 5) is 25.5. The molecule has 0 aliphatic heterocycles. The summed E-state index contributed by atoms with van der Waals surface area (Å²) in [5.74, 6) is -2.16. The van der Waals surface area contributed by atoms with Crippen LogP contribution in [0.1, 0.15) is 25.0 Å². The van der Waals surface area contributed by atoms with Gasteiger partial charge in [-0.05, 0) is 25.0 Å². The van der Waals surface area contributed by atoms with Gasteiger partial charge < -0.3 is 19.7 Å². The molecule has 2 N–H and O–H groups in total. The second kappa shape index (κ2) is 9.48. The highest BCUT2D eigenvalue weighted by atomic mass is 16.6. The summed E-state index contributed by atoms with van der Waals surface area (Å²) in [6, 6.07) is 17.3. The second-order valence-corrected chi connectivity index (χ2v) is 6.49. The van der Waals surface area contributed by atoms with Crippen LogP contribution < -0.4 is 0 Å². The Morgan fingerprint density at radius 2 is 1.04 bits per heavy atom. The lowest BCUT2D eigenvalue weighted by molar-refractivity contribution is -0.213. The Morgan fingerprint density at radius 3 is 1.32 bits per heavy atom. The Balaban J connectivity index is 2.55. The molecule has 0 aliphatic rings. The lowest BCUT2D eigenvalue weighted by Gasteiger charge is -2.39. The van der Waals surface area contributed by atoms with Crippen LogP contribution >= 0.6 is 0 Å². The van der Waals surface area contributed by atoms with Gasteiger partial charge >= 0.3 is 11.9 Å². The molecule has 0 aromatic heterocycles. The number of carbonyl (C=O) groups excluding carboxylic acids is 2. The molecule has 0 amide bonds. The molecular formula is C22H26O6. The van der Waals surface area contributed by atoms with Gasteiger partial charge in [0.15, 0.2) is 0 Å². The zero-order valence-corrected chi connectivity index (χ0v) is 16.1. The molecule has 2 unspecified atom stereocenters. The normalized spacial score (nSPS) is 15.1. The maximum Gasteiger partial charge on any atom is 0.342 e. The second-order valence-electron chi connectivity index (χ2n) is 6.49. The summed E-state index contributed by atoms with van der Waals surface area (Å²) in [6.07, 6.45) is -0.621. The SMILES string of the molecule is CCOC(=O)C(O)(Cc1ccccc1)C(O)(Cc1ccccc1)C(=O)OCC. The molecule has 6 nitrogen and oxygen atoms in total. The summed E-state index contributed by atoms with van der Waals surface area (Å²) in [5.41, 5.74) is -3.94. The summed E-state index contributed by atoms with van der Waals surface area (Å²) >= 11 is 0. The highest BCUT2D eigenvalue weighted by Crippen LogP contribution is 2.33. The molecule has 0 spiro atoms. The molecule has 0 fully saturated rings. The first kappa shape index (κ1) is 21.6. The molecule has 150 valence electrons. The number of aliphatic hydroxyl groups is 2. The van der Waals surface area contributed by atoms with E-state index in [4.69, 9.17) is 9.47 Å². The van der Waals surface area contributed by atoms with Gasteiger partial charge in [0.1, 0.15) is 0 Å². The number of esters is 2. The van der Waals surface area contributed by atoms with Crippen molar-refractivity contribution in [2.75, 3.05) is 13.2 Å². The van der Waals surface area contributed by atoms with E-state index in [2.05, 4.69) is 0 Å². The van der Waals surface area contributed by atoms with E-state index in [1.54, 1.807) is 74.5 Å². The monoisotopic (exact) mass is 386 g/mol. The highest BCUT2D eigenvalue weighted by molar-refractivity contribution is 5.93. The largest absolute Gasteiger partial charge is 0.464 e. The molecule has 0 saturated heterocycles. The van der Waals surface area contributed by atoms with Crippen LogP contribution in [0.25, 0.3) is 0 Å². The summed E-state index contributed by atoms with van der Waals surface area (Å²) in [7, 11) is 0. The lowest BCUT2D eigenvalue weighted by atomic mass is 9.74. The predicted octanol–water partition coefficient (Wildman–Crippen LogP) is 2.06. The van der Waals surface area contributed by atoms with E-state index in [0.717, 1.165) is 0 Å². The number of hydrogen-bond donors (Lipinski definition) is 2. The number of benzene rings is 2. The first-order valence-electron chi connectivity index (χ1n) is 9.24. The van der Waals surface area contributed by atoms with Gasteiger partial charge in [0.2, 0.25) is 11.2 Å². The van der Waals surface area contributed by atoms with Gasteiger partial charge in [-0.15, -0.1) is 0 Å². The van der Waals surface area contributed by atoms with E-state index in [9.17, 15) is 19.8 Å². The molecule has 2 aromatic rings. The highest BCUT2D eigenvalue weighted by Gasteiger charge is 2.61. The topological polar surface area (TPSA) is 93.1 Å². The van der Waals surface area contributed by atoms with E-state index in [0.29, 0.717) is 11.1 Å². The maximum atomic E-state index is 12.8. The Labute approximate surface area is 164 Å². The van der Waals surface area contributed by atoms with E-state index in [-0.39, 0.29) is 26.1 Å². The molecule has 0 heterocycles. The minimum absolute atomic E-state index is 0.0137. The Hall–Kier alpha value is -2.70. The van der Waals surface area contributed by atoms with Crippen LogP contribution in [0.2, 0.25) is 0 Å². The first-order chi connectivity index (χ1) is 13.4. The summed E-state index contributed by atoms with van der Waals surface area (Å²) < 4.78 is 10.1. The van der Waals surface area contributed by atoms with Crippen molar-refractivity contribution in [2.24, 2.45) is 0 Å². The van der Waals surface area contributed by atoms with Crippen LogP contribution in [-0.2, 0) is 31.9 Å². The standard InChI is InChI=1S/C22H26O6/c1-3-27-19(23)21(25,15-17-11-7-5-8-12-17)22(26,20(24)28-4-2)16-18-13-9-6-10-14-18/h5-14,25-26H,3-4,15-16H2,1-2H3. The van der Waals surface area contributed by atoms with Crippen LogP contribution in [0, 0.1) is 0 Å². The quantitative estimate of drug-likeness (QED) is 0.641. The summed E-state index contributed by atoms with van der Waals surface area (Å²) in [6.45, 7) is 3.14. The van der Waals surface area contributed by atoms with Crippen molar-refractivity contribution >= 4 is 11.9 Å². The van der Waals surface area contributed by atoms with Crippen molar-refractivity contribution in [1.82, 2.24) is 0 Å². The number of ether oxygens (including phenoxy) is 2. The van der Waals surface area contributed by atoms with E-state index >= 15 is 0 Å². The fraction of sp³-hybridized carbons (Fsp3) is 0.364. The first-order valence-corrected chi connectivity index (χ1v) is 9.24. The molecule has 2 aromatic carbocycles. The van der Waals surface area contributed by atoms with Gasteiger partial charge in [0.25, 0.3) is 0 Å². The van der Waals surface area contributed by atoms with Gasteiger partial charge in [-0.2, -0.15) is 0 Å². The van der Waals surface area contributed by atoms with Crippen molar-refractivity contribution in [1.29, 1.82) is 0 Å². The number of rotatable bonds is 9. The van der Waals surface area contributed by atoms with Crippen LogP contribution in [0.3, 0.4) is 0 Å². The fourth-order valence-corrected chi connectivity index (χ4v) is 3.06. The van der Waals surface area contributed by atoms with Gasteiger partial charge in [-0.25, -0.2) is 9.59 Å². The molecular weight excluding hydrogens is 360 g/mol. The molecule has 0 aliphatic carbocycles. The summed E-state index contributed by atoms with van der Waals surface area (Å²) in [5, 5.41) is 22.8. The van der Waals surface area contributed by atoms with E-state index in [1.807, 2.05) is 0 Å². The van der Waals surface area contributed by atoms with Crippen molar-refractivity contribution in [3.05, 3.63) is 71.8 Å². The molecule has 0 radical (unpaired) electrons. The fourth-order valence-electron chi connectivity index (χ4n) is 3.06. The molecule has 28 heavy (non-hydrogen) atoms. The predicted molar refractivity (Wildman–Crippen MR) is 103 cm³/mol. The third kappa shape index (κ3) is 4.58. The number of carbonyl (C=O) groups is 2. The third-order valence-corrected chi connectivity index (χ3v) is 4.52. The minimum atomic E-state index is -2.54. The Kier molecular flexibility index (Phi) is 7.31. The van der Waals surface area contributed by atoms with Gasteiger partial charge in [-0.1, -0.05) is 60.7 Å². The third-order valence-electron chi connectivity index (χ3n) is 4.52. The van der Waals surface area contributed by atoms with Crippen molar-refractivity contribution < 1.29 is 29.3 Å². The molecule has 6 heteroatoms. The van der Waals surface area contributed by atoms with Crippen LogP contribution in [0.4, 0.5) is 0 Å². The zero-order valence-electron chi connectivity index (χ0n) is 16.1. The maximum absolute atomic E-state index is 12.8. The average Bonchev–Trinajstić information content (AvgIpc) is 2.69. The van der Waals surface area contributed by atoms with Gasteiger partial charge in [0.05, 0.1) is 13.2 Å². The van der Waals surface area contributed by atoms with Crippen molar-refractivity contribution in [3.63, 3.8) is 0 Å². The van der Waals surface area contributed by atoms with Crippen molar-refractivity contribution in [2.45, 2.75) is 37.9 Å². The Bertz CT molecular complexity index is 709. The van der Waals surface area contributed by atoms with Crippen LogP contribution in [0.15, 0.2) is 60.7 Å².